The maximum atomic E-state index is 12.9. The number of rotatable bonds is 5. The molecule has 0 spiro atoms. The lowest BCUT2D eigenvalue weighted by Gasteiger charge is -2.12. The predicted molar refractivity (Wildman–Crippen MR) is 111 cm³/mol. The van der Waals surface area contributed by atoms with Crippen LogP contribution >= 0.6 is 0 Å². The Morgan fingerprint density at radius 1 is 1.10 bits per heavy atom. The van der Waals surface area contributed by atoms with E-state index in [1.54, 1.807) is 4.57 Å². The minimum absolute atomic E-state index is 0.143. The van der Waals surface area contributed by atoms with E-state index >= 15 is 0 Å². The van der Waals surface area contributed by atoms with Crippen LogP contribution in [0.15, 0.2) is 53.3 Å². The molecular weight excluding hydrogens is 366 g/mol. The Hall–Kier alpha value is -3.41. The number of hydrogen-bond acceptors (Lipinski definition) is 4. The van der Waals surface area contributed by atoms with Gasteiger partial charge < -0.3 is 9.72 Å². The number of fused-ring (bicyclic) bond motifs is 3. The van der Waals surface area contributed by atoms with Crippen LogP contribution in [-0.2, 0) is 24.1 Å². The van der Waals surface area contributed by atoms with Gasteiger partial charge in [0.2, 0.25) is 0 Å². The second kappa shape index (κ2) is 7.20. The van der Waals surface area contributed by atoms with Crippen molar-refractivity contribution in [3.05, 3.63) is 75.8 Å². The number of benzene rings is 2. The Morgan fingerprint density at radius 2 is 1.93 bits per heavy atom. The van der Waals surface area contributed by atoms with E-state index in [0.717, 1.165) is 52.5 Å². The van der Waals surface area contributed by atoms with Crippen LogP contribution in [0.2, 0.25) is 0 Å². The number of nitrogens with one attached hydrogen (secondary N) is 1. The fourth-order valence-electron chi connectivity index (χ4n) is 4.23. The van der Waals surface area contributed by atoms with Crippen molar-refractivity contribution in [1.82, 2.24) is 14.5 Å². The average Bonchev–Trinajstić information content (AvgIpc) is 3.32. The second-order valence-corrected chi connectivity index (χ2v) is 7.37. The van der Waals surface area contributed by atoms with Gasteiger partial charge in [-0.15, -0.1) is 0 Å². The van der Waals surface area contributed by atoms with Crippen molar-refractivity contribution < 1.29 is 9.53 Å². The number of imidazole rings is 1. The highest BCUT2D eigenvalue weighted by Crippen LogP contribution is 2.30. The molecule has 0 atom stereocenters. The minimum Gasteiger partial charge on any atom is -0.462 e. The Labute approximate surface area is 167 Å². The molecule has 6 heteroatoms. The highest BCUT2D eigenvalue weighted by Gasteiger charge is 2.24. The standard InChI is InChI=1S/C23H21N3O3/c27-22(21-15-7-1-2-9-17(15)24-18-11-5-8-16(18)21)29-14-6-13-26-20-12-4-3-10-19(20)25-23(26)28/h1-4,7,9-10,12H,5-6,8,11,13-14H2,(H,25,28). The van der Waals surface area contributed by atoms with Crippen molar-refractivity contribution in [2.45, 2.75) is 32.2 Å². The fourth-order valence-corrected chi connectivity index (χ4v) is 4.23. The number of esters is 1. The second-order valence-electron chi connectivity index (χ2n) is 7.37. The van der Waals surface area contributed by atoms with Crippen molar-refractivity contribution >= 4 is 27.9 Å². The van der Waals surface area contributed by atoms with Crippen molar-refractivity contribution in [3.63, 3.8) is 0 Å². The molecule has 2 heterocycles. The van der Waals surface area contributed by atoms with Crippen molar-refractivity contribution in [2.75, 3.05) is 6.61 Å². The van der Waals surface area contributed by atoms with Crippen LogP contribution in [0.25, 0.3) is 21.9 Å². The fraction of sp³-hybridized carbons (Fsp3) is 0.261. The molecule has 2 aromatic heterocycles. The maximum absolute atomic E-state index is 12.9. The van der Waals surface area contributed by atoms with Gasteiger partial charge in [0.15, 0.2) is 0 Å². The zero-order valence-corrected chi connectivity index (χ0v) is 16.0. The van der Waals surface area contributed by atoms with Gasteiger partial charge in [0.05, 0.1) is 28.7 Å². The molecular formula is C23H21N3O3. The van der Waals surface area contributed by atoms with Crippen molar-refractivity contribution in [1.29, 1.82) is 0 Å². The van der Waals surface area contributed by atoms with Gasteiger partial charge in [0, 0.05) is 17.6 Å². The molecule has 0 fully saturated rings. The lowest BCUT2D eigenvalue weighted by molar-refractivity contribution is 0.0497. The van der Waals surface area contributed by atoms with Crippen LogP contribution < -0.4 is 5.69 Å². The summed E-state index contributed by atoms with van der Waals surface area (Å²) in [4.78, 5) is 32.7. The number of nitrogens with zero attached hydrogens (tertiary/aromatic N) is 2. The first kappa shape index (κ1) is 17.7. The van der Waals surface area contributed by atoms with Gasteiger partial charge in [-0.1, -0.05) is 30.3 Å². The first-order valence-electron chi connectivity index (χ1n) is 9.97. The van der Waals surface area contributed by atoms with Gasteiger partial charge in [-0.3, -0.25) is 9.55 Å². The monoisotopic (exact) mass is 387 g/mol. The number of hydrogen-bond donors (Lipinski definition) is 1. The summed E-state index contributed by atoms with van der Waals surface area (Å²) in [5.41, 5.74) is 5.07. The number of para-hydroxylation sites is 3. The van der Waals surface area contributed by atoms with E-state index in [2.05, 4.69) is 4.98 Å². The molecule has 0 unspecified atom stereocenters. The Morgan fingerprint density at radius 3 is 2.86 bits per heavy atom. The number of aromatic nitrogens is 3. The van der Waals surface area contributed by atoms with E-state index < -0.39 is 0 Å². The molecule has 1 aliphatic rings. The van der Waals surface area contributed by atoms with Gasteiger partial charge in [-0.2, -0.15) is 0 Å². The van der Waals surface area contributed by atoms with Crippen LogP contribution in [0.3, 0.4) is 0 Å². The van der Waals surface area contributed by atoms with Gasteiger partial charge in [-0.05, 0) is 49.4 Å². The third-order valence-corrected chi connectivity index (χ3v) is 5.56. The molecule has 146 valence electrons. The molecule has 29 heavy (non-hydrogen) atoms. The summed E-state index contributed by atoms with van der Waals surface area (Å²) in [6.45, 7) is 0.752. The molecule has 0 bridgehead atoms. The van der Waals surface area contributed by atoms with E-state index in [1.807, 2.05) is 48.5 Å². The topological polar surface area (TPSA) is 77.0 Å². The normalized spacial score (nSPS) is 13.1. The highest BCUT2D eigenvalue weighted by molar-refractivity contribution is 6.05. The summed E-state index contributed by atoms with van der Waals surface area (Å²) < 4.78 is 7.30. The Balaban J connectivity index is 1.33. The zero-order chi connectivity index (χ0) is 19.8. The summed E-state index contributed by atoms with van der Waals surface area (Å²) in [6.07, 6.45) is 3.35. The first-order valence-corrected chi connectivity index (χ1v) is 9.97. The molecule has 0 radical (unpaired) electrons. The lowest BCUT2D eigenvalue weighted by atomic mass is 10.0. The smallest absolute Gasteiger partial charge is 0.339 e. The molecule has 6 nitrogen and oxygen atoms in total. The maximum Gasteiger partial charge on any atom is 0.339 e. The molecule has 4 aromatic rings. The van der Waals surface area contributed by atoms with Crippen LogP contribution in [0.5, 0.6) is 0 Å². The molecule has 1 aliphatic carbocycles. The summed E-state index contributed by atoms with van der Waals surface area (Å²) in [5, 5.41) is 0.853. The number of H-pyrrole nitrogens is 1. The van der Waals surface area contributed by atoms with E-state index in [9.17, 15) is 9.59 Å². The van der Waals surface area contributed by atoms with Gasteiger partial charge in [0.25, 0.3) is 0 Å². The summed E-state index contributed by atoms with van der Waals surface area (Å²) in [5.74, 6) is -0.298. The number of carbonyl (C=O) groups excluding carboxylic acids is 1. The molecule has 0 amide bonds. The van der Waals surface area contributed by atoms with Crippen molar-refractivity contribution in [2.24, 2.45) is 0 Å². The summed E-state index contributed by atoms with van der Waals surface area (Å²) in [7, 11) is 0. The van der Waals surface area contributed by atoms with Crippen LogP contribution in [0, 0.1) is 0 Å². The number of carbonyl (C=O) groups is 1. The Kier molecular flexibility index (Phi) is 4.39. The zero-order valence-electron chi connectivity index (χ0n) is 16.0. The van der Waals surface area contributed by atoms with Crippen LogP contribution in [0.4, 0.5) is 0 Å². The van der Waals surface area contributed by atoms with E-state index in [1.165, 1.54) is 0 Å². The third kappa shape index (κ3) is 3.10. The summed E-state index contributed by atoms with van der Waals surface area (Å²) in [6, 6.07) is 15.3. The number of aryl methyl sites for hydroxylation is 2. The van der Waals surface area contributed by atoms with Gasteiger partial charge >= 0.3 is 11.7 Å². The molecule has 0 saturated carbocycles. The van der Waals surface area contributed by atoms with E-state index in [0.29, 0.717) is 18.5 Å². The summed E-state index contributed by atoms with van der Waals surface area (Å²) >= 11 is 0. The SMILES string of the molecule is O=C(OCCCn1c(=O)[nH]c2ccccc21)c1c2c(nc3ccccc13)CCC2. The molecule has 0 saturated heterocycles. The number of pyridine rings is 1. The lowest BCUT2D eigenvalue weighted by Crippen LogP contribution is -2.18. The van der Waals surface area contributed by atoms with Crippen LogP contribution in [-0.4, -0.2) is 27.1 Å². The average molecular weight is 387 g/mol. The first-order chi connectivity index (χ1) is 14.2. The van der Waals surface area contributed by atoms with E-state index in [-0.39, 0.29) is 18.3 Å². The molecule has 5 rings (SSSR count). The van der Waals surface area contributed by atoms with Gasteiger partial charge in [0.1, 0.15) is 0 Å². The van der Waals surface area contributed by atoms with Crippen LogP contribution in [0.1, 0.15) is 34.5 Å². The van der Waals surface area contributed by atoms with E-state index in [4.69, 9.17) is 9.72 Å². The minimum atomic E-state index is -0.298. The van der Waals surface area contributed by atoms with Crippen molar-refractivity contribution in [3.8, 4) is 0 Å². The molecule has 1 N–H and O–H groups in total. The Bertz CT molecular complexity index is 1290. The quantitative estimate of drug-likeness (QED) is 0.419. The predicted octanol–water partition coefficient (Wildman–Crippen LogP) is 3.61. The largest absolute Gasteiger partial charge is 0.462 e. The highest BCUT2D eigenvalue weighted by atomic mass is 16.5. The third-order valence-electron chi connectivity index (χ3n) is 5.56. The van der Waals surface area contributed by atoms with Gasteiger partial charge in [-0.25, -0.2) is 9.59 Å². The number of aromatic amines is 1. The number of ether oxygens (including phenoxy) is 1. The molecule has 0 aliphatic heterocycles. The molecule has 2 aromatic carbocycles.